The fraction of sp³-hybridized carbons (Fsp3) is 0.615. The van der Waals surface area contributed by atoms with Crippen molar-refractivity contribution in [3.63, 3.8) is 0 Å². The van der Waals surface area contributed by atoms with Crippen molar-refractivity contribution in [1.82, 2.24) is 4.98 Å². The highest BCUT2D eigenvalue weighted by Gasteiger charge is 2.22. The van der Waals surface area contributed by atoms with E-state index in [1.807, 2.05) is 19.1 Å². The summed E-state index contributed by atoms with van der Waals surface area (Å²) in [5.74, 6) is 0.908. The highest BCUT2D eigenvalue weighted by Crippen LogP contribution is 2.33. The zero-order valence-electron chi connectivity index (χ0n) is 9.80. The maximum atomic E-state index is 5.96. The zero-order chi connectivity index (χ0) is 11.4. The molecule has 0 bridgehead atoms. The van der Waals surface area contributed by atoms with Crippen LogP contribution in [0.5, 0.6) is 0 Å². The van der Waals surface area contributed by atoms with E-state index in [1.54, 1.807) is 12.4 Å². The quantitative estimate of drug-likeness (QED) is 0.800. The Bertz CT molecular complexity index is 309. The molecule has 0 saturated heterocycles. The molecule has 2 N–H and O–H groups in total. The third kappa shape index (κ3) is 3.29. The molecule has 2 atom stereocenters. The third-order valence-corrected chi connectivity index (χ3v) is 3.03. The van der Waals surface area contributed by atoms with Gasteiger partial charge in [-0.15, -0.1) is 0 Å². The second kappa shape index (κ2) is 5.41. The summed E-state index contributed by atoms with van der Waals surface area (Å²) >= 11 is 0. The predicted molar refractivity (Wildman–Crippen MR) is 63.9 cm³/mol. The van der Waals surface area contributed by atoms with Gasteiger partial charge in [0.2, 0.25) is 0 Å². The first-order chi connectivity index (χ1) is 7.77. The highest BCUT2D eigenvalue weighted by atomic mass is 16.5. The Kier molecular flexibility index (Phi) is 3.91. The summed E-state index contributed by atoms with van der Waals surface area (Å²) in [5, 5.41) is 0. The molecule has 0 amide bonds. The van der Waals surface area contributed by atoms with Crippen LogP contribution in [0.15, 0.2) is 24.5 Å². The Morgan fingerprint density at radius 2 is 2.12 bits per heavy atom. The molecule has 1 aliphatic rings. The number of ether oxygens (including phenoxy) is 1. The van der Waals surface area contributed by atoms with Crippen molar-refractivity contribution >= 4 is 0 Å². The molecule has 1 aromatic heterocycles. The van der Waals surface area contributed by atoms with Gasteiger partial charge in [-0.1, -0.05) is 12.8 Å². The van der Waals surface area contributed by atoms with E-state index in [1.165, 1.54) is 19.3 Å². The Labute approximate surface area is 97.0 Å². The number of hydrogen-bond acceptors (Lipinski definition) is 3. The van der Waals surface area contributed by atoms with Gasteiger partial charge < -0.3 is 10.5 Å². The summed E-state index contributed by atoms with van der Waals surface area (Å²) < 4.78 is 5.89. The number of nitrogens with two attached hydrogens (primary N) is 1. The average molecular weight is 220 g/mol. The molecule has 1 heterocycles. The summed E-state index contributed by atoms with van der Waals surface area (Å²) in [7, 11) is 0. The van der Waals surface area contributed by atoms with E-state index < -0.39 is 0 Å². The minimum atomic E-state index is 0.00162. The molecule has 3 nitrogen and oxygen atoms in total. The zero-order valence-corrected chi connectivity index (χ0v) is 9.80. The molecular weight excluding hydrogens is 200 g/mol. The predicted octanol–water partition coefficient (Wildman–Crippen LogP) is 2.29. The van der Waals surface area contributed by atoms with Gasteiger partial charge in [0.05, 0.1) is 6.10 Å². The summed E-state index contributed by atoms with van der Waals surface area (Å²) in [6.07, 6.45) is 7.50. The van der Waals surface area contributed by atoms with Crippen molar-refractivity contribution < 1.29 is 4.74 Å². The molecule has 2 unspecified atom stereocenters. The Morgan fingerprint density at radius 1 is 1.44 bits per heavy atom. The van der Waals surface area contributed by atoms with E-state index in [0.717, 1.165) is 18.1 Å². The van der Waals surface area contributed by atoms with Gasteiger partial charge in [-0.3, -0.25) is 4.98 Å². The van der Waals surface area contributed by atoms with E-state index in [4.69, 9.17) is 10.5 Å². The molecule has 0 aliphatic heterocycles. The monoisotopic (exact) mass is 220 g/mol. The van der Waals surface area contributed by atoms with Gasteiger partial charge in [0.1, 0.15) is 0 Å². The summed E-state index contributed by atoms with van der Waals surface area (Å²) in [5.41, 5.74) is 7.08. The molecule has 1 aliphatic carbocycles. The molecule has 3 heteroatoms. The van der Waals surface area contributed by atoms with E-state index in [-0.39, 0.29) is 12.1 Å². The lowest BCUT2D eigenvalue weighted by molar-refractivity contribution is 0.0346. The number of aromatic nitrogens is 1. The number of rotatable bonds is 6. The SMILES string of the molecule is CC(N)C(OCCC1CC1)c1ccncc1. The normalized spacial score (nSPS) is 19.4. The van der Waals surface area contributed by atoms with Crippen molar-refractivity contribution in [3.05, 3.63) is 30.1 Å². The van der Waals surface area contributed by atoms with Crippen molar-refractivity contribution in [2.45, 2.75) is 38.3 Å². The largest absolute Gasteiger partial charge is 0.372 e. The van der Waals surface area contributed by atoms with Gasteiger partial charge in [-0.05, 0) is 37.0 Å². The van der Waals surface area contributed by atoms with Gasteiger partial charge in [-0.2, -0.15) is 0 Å². The van der Waals surface area contributed by atoms with Gasteiger partial charge in [0.15, 0.2) is 0 Å². The van der Waals surface area contributed by atoms with Crippen LogP contribution in [0.25, 0.3) is 0 Å². The maximum Gasteiger partial charge on any atom is 0.0974 e. The second-order valence-corrected chi connectivity index (χ2v) is 4.66. The molecule has 0 aromatic carbocycles. The first-order valence-electron chi connectivity index (χ1n) is 6.04. The molecule has 88 valence electrons. The maximum absolute atomic E-state index is 5.96. The van der Waals surface area contributed by atoms with Crippen LogP contribution in [0, 0.1) is 5.92 Å². The van der Waals surface area contributed by atoms with E-state index in [0.29, 0.717) is 0 Å². The fourth-order valence-corrected chi connectivity index (χ4v) is 1.87. The molecule has 2 rings (SSSR count). The van der Waals surface area contributed by atoms with Crippen molar-refractivity contribution in [2.24, 2.45) is 11.7 Å². The van der Waals surface area contributed by atoms with Crippen LogP contribution in [0.1, 0.15) is 37.9 Å². The van der Waals surface area contributed by atoms with Gasteiger partial charge in [0, 0.05) is 25.0 Å². The lowest BCUT2D eigenvalue weighted by Crippen LogP contribution is -2.27. The molecular formula is C13H20N2O. The van der Waals surface area contributed by atoms with Crippen LogP contribution >= 0.6 is 0 Å². The number of hydrogen-bond donors (Lipinski definition) is 1. The molecule has 1 aromatic rings. The molecule has 0 radical (unpaired) electrons. The van der Waals surface area contributed by atoms with Crippen LogP contribution in [-0.4, -0.2) is 17.6 Å². The summed E-state index contributed by atoms with van der Waals surface area (Å²) in [6, 6.07) is 3.97. The van der Waals surface area contributed by atoms with E-state index in [2.05, 4.69) is 4.98 Å². The van der Waals surface area contributed by atoms with Crippen LogP contribution < -0.4 is 5.73 Å². The first kappa shape index (κ1) is 11.6. The average Bonchev–Trinajstić information content (AvgIpc) is 3.09. The van der Waals surface area contributed by atoms with E-state index in [9.17, 15) is 0 Å². The van der Waals surface area contributed by atoms with Crippen LogP contribution in [0.4, 0.5) is 0 Å². The van der Waals surface area contributed by atoms with Crippen LogP contribution in [0.3, 0.4) is 0 Å². The third-order valence-electron chi connectivity index (χ3n) is 3.03. The van der Waals surface area contributed by atoms with Gasteiger partial charge in [-0.25, -0.2) is 0 Å². The smallest absolute Gasteiger partial charge is 0.0974 e. The van der Waals surface area contributed by atoms with Gasteiger partial charge >= 0.3 is 0 Å². The van der Waals surface area contributed by atoms with Crippen LogP contribution in [-0.2, 0) is 4.74 Å². The number of nitrogens with zero attached hydrogens (tertiary/aromatic N) is 1. The topological polar surface area (TPSA) is 48.1 Å². The fourth-order valence-electron chi connectivity index (χ4n) is 1.87. The molecule has 1 saturated carbocycles. The molecule has 1 fully saturated rings. The lowest BCUT2D eigenvalue weighted by atomic mass is 10.1. The van der Waals surface area contributed by atoms with E-state index >= 15 is 0 Å². The molecule has 0 spiro atoms. The Balaban J connectivity index is 1.88. The first-order valence-corrected chi connectivity index (χ1v) is 6.04. The number of pyridine rings is 1. The van der Waals surface area contributed by atoms with Gasteiger partial charge in [0.25, 0.3) is 0 Å². The summed E-state index contributed by atoms with van der Waals surface area (Å²) in [4.78, 5) is 4.01. The van der Waals surface area contributed by atoms with Crippen molar-refractivity contribution in [2.75, 3.05) is 6.61 Å². The van der Waals surface area contributed by atoms with Crippen molar-refractivity contribution in [3.8, 4) is 0 Å². The van der Waals surface area contributed by atoms with Crippen molar-refractivity contribution in [1.29, 1.82) is 0 Å². The minimum absolute atomic E-state index is 0.00162. The minimum Gasteiger partial charge on any atom is -0.372 e. The highest BCUT2D eigenvalue weighted by molar-refractivity contribution is 5.14. The standard InChI is InChI=1S/C13H20N2O/c1-10(14)13(12-4-7-15-8-5-12)16-9-6-11-2-3-11/h4-5,7-8,10-11,13H,2-3,6,9,14H2,1H3. The lowest BCUT2D eigenvalue weighted by Gasteiger charge is -2.21. The summed E-state index contributed by atoms with van der Waals surface area (Å²) in [6.45, 7) is 2.81. The Morgan fingerprint density at radius 3 is 2.69 bits per heavy atom. The van der Waals surface area contributed by atoms with Crippen LogP contribution in [0.2, 0.25) is 0 Å². The molecule has 16 heavy (non-hydrogen) atoms. The Hall–Kier alpha value is -0.930. The second-order valence-electron chi connectivity index (χ2n) is 4.66.